The first-order valence-electron chi connectivity index (χ1n) is 6.85. The molecule has 2 amide bonds. The van der Waals surface area contributed by atoms with E-state index in [0.29, 0.717) is 6.42 Å². The first-order valence-corrected chi connectivity index (χ1v) is 6.85. The van der Waals surface area contributed by atoms with Crippen molar-refractivity contribution >= 4 is 22.7 Å². The molecule has 1 aromatic heterocycles. The van der Waals surface area contributed by atoms with Crippen molar-refractivity contribution in [3.8, 4) is 0 Å². The van der Waals surface area contributed by atoms with Gasteiger partial charge in [0.2, 0.25) is 11.8 Å². The Kier molecular flexibility index (Phi) is 4.59. The van der Waals surface area contributed by atoms with Crippen molar-refractivity contribution in [1.82, 2.24) is 15.6 Å². The number of aromatic nitrogens is 1. The molecular weight excluding hydrogens is 268 g/mol. The highest BCUT2D eigenvalue weighted by atomic mass is 16.2. The molecule has 0 radical (unpaired) electrons. The third kappa shape index (κ3) is 3.41. The van der Waals surface area contributed by atoms with E-state index in [2.05, 4.69) is 15.6 Å². The fourth-order valence-electron chi connectivity index (χ4n) is 2.21. The van der Waals surface area contributed by atoms with Gasteiger partial charge in [0.1, 0.15) is 6.04 Å². The van der Waals surface area contributed by atoms with Crippen molar-refractivity contribution in [2.24, 2.45) is 5.73 Å². The molecule has 0 aliphatic carbocycles. The number of likely N-dealkylation sites (N-methyl/N-ethyl adjacent to an activating group) is 1. The van der Waals surface area contributed by atoms with Crippen LogP contribution in [0.15, 0.2) is 30.5 Å². The minimum absolute atomic E-state index is 0.241. The molecule has 5 N–H and O–H groups in total. The summed E-state index contributed by atoms with van der Waals surface area (Å²) in [6.45, 7) is 1.59. The molecule has 2 rings (SSSR count). The summed E-state index contributed by atoms with van der Waals surface area (Å²) >= 11 is 0. The van der Waals surface area contributed by atoms with Crippen molar-refractivity contribution in [3.05, 3.63) is 36.0 Å². The first-order chi connectivity index (χ1) is 10.0. The Hall–Kier alpha value is -2.34. The van der Waals surface area contributed by atoms with Gasteiger partial charge in [-0.05, 0) is 18.6 Å². The van der Waals surface area contributed by atoms with Crippen LogP contribution in [0.5, 0.6) is 0 Å². The van der Waals surface area contributed by atoms with Crippen LogP contribution in [-0.2, 0) is 16.0 Å². The van der Waals surface area contributed by atoms with Crippen LogP contribution >= 0.6 is 0 Å². The van der Waals surface area contributed by atoms with Gasteiger partial charge in [-0.1, -0.05) is 18.2 Å². The normalized spacial score (nSPS) is 13.7. The third-order valence-corrected chi connectivity index (χ3v) is 3.39. The van der Waals surface area contributed by atoms with Crippen molar-refractivity contribution < 1.29 is 9.59 Å². The standard InChI is InChI=1S/C15H20N4O2/c1-9(16)14(20)19-13(15(21)17-2)7-10-8-18-12-6-4-3-5-11(10)12/h3-6,8-9,13,18H,7,16H2,1-2H3,(H,17,21)(H,19,20)/t9-,13+/m1/s1. The highest BCUT2D eigenvalue weighted by molar-refractivity contribution is 5.90. The van der Waals surface area contributed by atoms with E-state index in [1.807, 2.05) is 30.5 Å². The van der Waals surface area contributed by atoms with E-state index in [4.69, 9.17) is 5.73 Å². The Morgan fingerprint density at radius 3 is 2.67 bits per heavy atom. The van der Waals surface area contributed by atoms with Crippen LogP contribution in [0, 0.1) is 0 Å². The van der Waals surface area contributed by atoms with Gasteiger partial charge in [0, 0.05) is 30.6 Å². The Bertz CT molecular complexity index is 648. The number of fused-ring (bicyclic) bond motifs is 1. The van der Waals surface area contributed by atoms with Gasteiger partial charge >= 0.3 is 0 Å². The Labute approximate surface area is 123 Å². The molecule has 0 spiro atoms. The molecule has 0 saturated heterocycles. The van der Waals surface area contributed by atoms with Gasteiger partial charge in [-0.2, -0.15) is 0 Å². The maximum atomic E-state index is 12.0. The van der Waals surface area contributed by atoms with Gasteiger partial charge in [-0.15, -0.1) is 0 Å². The van der Waals surface area contributed by atoms with Crippen LogP contribution in [0.3, 0.4) is 0 Å². The molecule has 6 nitrogen and oxygen atoms in total. The van der Waals surface area contributed by atoms with Crippen molar-refractivity contribution in [2.75, 3.05) is 7.05 Å². The van der Waals surface area contributed by atoms with Crippen LogP contribution in [0.2, 0.25) is 0 Å². The smallest absolute Gasteiger partial charge is 0.242 e. The highest BCUT2D eigenvalue weighted by Gasteiger charge is 2.22. The number of benzene rings is 1. The van der Waals surface area contributed by atoms with Crippen LogP contribution in [-0.4, -0.2) is 35.9 Å². The SMILES string of the molecule is CNC(=O)[C@H](Cc1c[nH]c2ccccc12)NC(=O)[C@@H](C)N. The average Bonchev–Trinajstić information content (AvgIpc) is 2.89. The van der Waals surface area contributed by atoms with Gasteiger partial charge in [-0.3, -0.25) is 9.59 Å². The van der Waals surface area contributed by atoms with Crippen molar-refractivity contribution in [1.29, 1.82) is 0 Å². The highest BCUT2D eigenvalue weighted by Crippen LogP contribution is 2.19. The Morgan fingerprint density at radius 1 is 1.29 bits per heavy atom. The molecule has 1 heterocycles. The van der Waals surface area contributed by atoms with Crippen LogP contribution < -0.4 is 16.4 Å². The Morgan fingerprint density at radius 2 is 2.00 bits per heavy atom. The van der Waals surface area contributed by atoms with E-state index < -0.39 is 12.1 Å². The van der Waals surface area contributed by atoms with E-state index in [1.54, 1.807) is 14.0 Å². The summed E-state index contributed by atoms with van der Waals surface area (Å²) in [6.07, 6.45) is 2.26. The fraction of sp³-hybridized carbons (Fsp3) is 0.333. The van der Waals surface area contributed by atoms with E-state index in [0.717, 1.165) is 16.5 Å². The fourth-order valence-corrected chi connectivity index (χ4v) is 2.21. The number of hydrogen-bond acceptors (Lipinski definition) is 3. The first kappa shape index (κ1) is 15.1. The summed E-state index contributed by atoms with van der Waals surface area (Å²) in [5, 5.41) is 6.29. The third-order valence-electron chi connectivity index (χ3n) is 3.39. The second-order valence-corrected chi connectivity index (χ2v) is 5.03. The molecule has 6 heteroatoms. The molecule has 21 heavy (non-hydrogen) atoms. The number of carbonyl (C=O) groups excluding carboxylic acids is 2. The summed E-state index contributed by atoms with van der Waals surface area (Å²) < 4.78 is 0. The van der Waals surface area contributed by atoms with Gasteiger partial charge < -0.3 is 21.4 Å². The molecule has 1 aromatic carbocycles. The molecule has 2 aromatic rings. The summed E-state index contributed by atoms with van der Waals surface area (Å²) in [5.74, 6) is -0.585. The molecule has 2 atom stereocenters. The zero-order chi connectivity index (χ0) is 15.4. The van der Waals surface area contributed by atoms with Gasteiger partial charge in [0.05, 0.1) is 6.04 Å². The van der Waals surface area contributed by atoms with Crippen LogP contribution in [0.25, 0.3) is 10.9 Å². The topological polar surface area (TPSA) is 100 Å². The van der Waals surface area contributed by atoms with Crippen LogP contribution in [0.4, 0.5) is 0 Å². The molecule has 0 aliphatic rings. The summed E-state index contributed by atoms with van der Waals surface area (Å²) in [6, 6.07) is 6.53. The number of para-hydroxylation sites is 1. The van der Waals surface area contributed by atoms with Crippen molar-refractivity contribution in [2.45, 2.75) is 25.4 Å². The van der Waals surface area contributed by atoms with Crippen molar-refractivity contribution in [3.63, 3.8) is 0 Å². The number of carbonyl (C=O) groups is 2. The van der Waals surface area contributed by atoms with Gasteiger partial charge in [-0.25, -0.2) is 0 Å². The zero-order valence-corrected chi connectivity index (χ0v) is 12.1. The van der Waals surface area contributed by atoms with E-state index in [1.165, 1.54) is 0 Å². The predicted molar refractivity (Wildman–Crippen MR) is 81.6 cm³/mol. The number of aromatic amines is 1. The number of nitrogens with one attached hydrogen (secondary N) is 3. The summed E-state index contributed by atoms with van der Waals surface area (Å²) in [7, 11) is 1.54. The summed E-state index contributed by atoms with van der Waals surface area (Å²) in [4.78, 5) is 26.9. The molecule has 112 valence electrons. The molecule has 0 fully saturated rings. The molecule has 0 saturated carbocycles. The zero-order valence-electron chi connectivity index (χ0n) is 12.1. The van der Waals surface area contributed by atoms with Crippen LogP contribution in [0.1, 0.15) is 12.5 Å². The monoisotopic (exact) mass is 288 g/mol. The minimum Gasteiger partial charge on any atom is -0.361 e. The second-order valence-electron chi connectivity index (χ2n) is 5.03. The predicted octanol–water partition coefficient (Wildman–Crippen LogP) is 0.288. The molecule has 0 bridgehead atoms. The molecular formula is C15H20N4O2. The molecule has 0 unspecified atom stereocenters. The summed E-state index contributed by atoms with van der Waals surface area (Å²) in [5.41, 5.74) is 7.52. The lowest BCUT2D eigenvalue weighted by atomic mass is 10.0. The second kappa shape index (κ2) is 6.41. The lowest BCUT2D eigenvalue weighted by Crippen LogP contribution is -2.51. The Balaban J connectivity index is 2.22. The average molecular weight is 288 g/mol. The van der Waals surface area contributed by atoms with E-state index in [9.17, 15) is 9.59 Å². The van der Waals surface area contributed by atoms with E-state index >= 15 is 0 Å². The largest absolute Gasteiger partial charge is 0.361 e. The minimum atomic E-state index is -0.653. The number of hydrogen-bond donors (Lipinski definition) is 4. The lowest BCUT2D eigenvalue weighted by Gasteiger charge is -2.18. The van der Waals surface area contributed by atoms with E-state index in [-0.39, 0.29) is 11.8 Å². The number of amides is 2. The number of H-pyrrole nitrogens is 1. The molecule has 0 aliphatic heterocycles. The van der Waals surface area contributed by atoms with Gasteiger partial charge in [0.25, 0.3) is 0 Å². The van der Waals surface area contributed by atoms with Gasteiger partial charge in [0.15, 0.2) is 0 Å². The lowest BCUT2D eigenvalue weighted by molar-refractivity contribution is -0.129. The number of nitrogens with two attached hydrogens (primary N) is 1. The maximum absolute atomic E-state index is 12.0. The maximum Gasteiger partial charge on any atom is 0.242 e. The quantitative estimate of drug-likeness (QED) is 0.636. The number of rotatable bonds is 5.